The molecular weight excluding hydrogens is 708 g/mol. The maximum atomic E-state index is 4.25. The molecule has 8 nitrogen and oxygen atoms in total. The van der Waals surface area contributed by atoms with Crippen molar-refractivity contribution in [1.29, 1.82) is 0 Å². The molecule has 0 heterocycles. The molecule has 0 aromatic carbocycles. The van der Waals surface area contributed by atoms with Gasteiger partial charge in [-0.1, -0.05) is 62.8 Å². The minimum Gasteiger partial charge on any atom is -0.388 e. The molecule has 0 N–H and O–H groups in total. The maximum absolute atomic E-state index is 4.25. The molecule has 0 aliphatic rings. The van der Waals surface area contributed by atoms with E-state index in [0.717, 1.165) is 0 Å². The van der Waals surface area contributed by atoms with Crippen LogP contribution in [0.15, 0.2) is 0 Å². The van der Waals surface area contributed by atoms with Gasteiger partial charge in [-0.15, -0.1) is 0 Å². The number of ether oxygens (including phenoxy) is 8. The fourth-order valence-electron chi connectivity index (χ4n) is 0. The van der Waals surface area contributed by atoms with E-state index < -0.39 is 0 Å². The van der Waals surface area contributed by atoms with Crippen molar-refractivity contribution in [3.8, 4) is 0 Å². The molecule has 0 saturated heterocycles. The molecule has 0 fully saturated rings. The SMILES string of the molecule is C.CC.CC.CC.CC.COC.COC.COC.COC.COC.COC.COC.COC.[Ar].[Ar].[Ar].[Ar].[Ar].[Ar].[Ar]. The third-order valence-electron chi connectivity index (χ3n) is 0. The summed E-state index contributed by atoms with van der Waals surface area (Å²) >= 11 is 0. The first-order valence-electron chi connectivity index (χ1n) is 10.5. The Morgan fingerprint density at radius 3 is 0.175 bits per heavy atom. The van der Waals surface area contributed by atoms with E-state index in [4.69, 9.17) is 0 Å². The van der Waals surface area contributed by atoms with Gasteiger partial charge in [-0.25, -0.2) is 0 Å². The smallest absolute Gasteiger partial charge is 0.0351 e. The molecule has 0 aromatic rings. The van der Waals surface area contributed by atoms with Crippen molar-refractivity contribution in [1.82, 2.24) is 0 Å². The summed E-state index contributed by atoms with van der Waals surface area (Å²) in [7, 11) is 26.0. The normalized spacial score (nSPS) is 4.20. The van der Waals surface area contributed by atoms with Gasteiger partial charge in [0, 0.05) is 378 Å². The molecule has 0 aliphatic heterocycles. The second kappa shape index (κ2) is 377. The fraction of sp³-hybridized carbons (Fsp3) is 1.00. The predicted octanol–water partition coefficient (Wildman–Crippen LogP) is 6.84. The monoisotopic (exact) mass is 784 g/mol. The van der Waals surface area contributed by atoms with E-state index in [1.54, 1.807) is 114 Å². The second-order valence-corrected chi connectivity index (χ2v) is 3.27. The van der Waals surface area contributed by atoms with Gasteiger partial charge in [0.25, 0.3) is 0 Å². The van der Waals surface area contributed by atoms with Gasteiger partial charge >= 0.3 is 0 Å². The topological polar surface area (TPSA) is 73.8 Å². The van der Waals surface area contributed by atoms with Crippen LogP contribution in [0.25, 0.3) is 0 Å². The molecule has 0 spiro atoms. The summed E-state index contributed by atoms with van der Waals surface area (Å²) in [6, 6.07) is 0. The van der Waals surface area contributed by atoms with Gasteiger partial charge in [-0.3, -0.25) is 0 Å². The Bertz CT molecular complexity index is 77.1. The third kappa shape index (κ3) is 1330. The van der Waals surface area contributed by atoms with Crippen molar-refractivity contribution >= 4 is 0 Å². The van der Waals surface area contributed by atoms with Crippen molar-refractivity contribution < 1.29 is 302 Å². The van der Waals surface area contributed by atoms with Crippen LogP contribution in [0.5, 0.6) is 0 Å². The van der Waals surface area contributed by atoms with E-state index in [2.05, 4.69) is 37.9 Å². The number of hydrogen-bond acceptors (Lipinski definition) is 8. The Labute approximate surface area is 467 Å². The van der Waals surface area contributed by atoms with Gasteiger partial charge in [-0.05, 0) is 0 Å². The first kappa shape index (κ1) is 135. The Morgan fingerprint density at radius 1 is 0.175 bits per heavy atom. The standard InChI is InChI=1S/8C2H6O.4C2H6.CH4.7Ar/c8*1-3-2;4*1-2;;;;;;;;/h8*1-2H3;4*1-2H3;1H4;;;;;;;. The maximum Gasteiger partial charge on any atom is 0.0351 e. The Hall–Kier alpha value is 8.50. The van der Waals surface area contributed by atoms with Gasteiger partial charge in [0.2, 0.25) is 0 Å². The summed E-state index contributed by atoms with van der Waals surface area (Å²) in [5, 5.41) is 0. The van der Waals surface area contributed by atoms with Crippen LogP contribution in [0, 0.1) is 264 Å². The molecule has 0 aliphatic carbocycles. The molecule has 280 valence electrons. The summed E-state index contributed by atoms with van der Waals surface area (Å²) in [6.07, 6.45) is 0. The van der Waals surface area contributed by atoms with E-state index in [9.17, 15) is 0 Å². The summed E-state index contributed by atoms with van der Waals surface area (Å²) in [6.45, 7) is 16.0. The van der Waals surface area contributed by atoms with Gasteiger partial charge < -0.3 is 37.9 Å². The molecule has 0 saturated carbocycles. The molecule has 0 radical (unpaired) electrons. The third-order valence-corrected chi connectivity index (χ3v) is 0. The van der Waals surface area contributed by atoms with Crippen molar-refractivity contribution in [2.45, 2.75) is 62.8 Å². The van der Waals surface area contributed by atoms with Crippen LogP contribution in [0.1, 0.15) is 62.8 Å². The molecule has 0 rings (SSSR count). The molecule has 40 heavy (non-hydrogen) atoms. The van der Waals surface area contributed by atoms with Crippen molar-refractivity contribution in [2.24, 2.45) is 0 Å². The zero-order valence-corrected chi connectivity index (χ0v) is 34.7. The van der Waals surface area contributed by atoms with Crippen LogP contribution in [-0.2, 0) is 37.9 Å². The van der Waals surface area contributed by atoms with E-state index in [1.807, 2.05) is 55.4 Å². The second-order valence-electron chi connectivity index (χ2n) is 3.27. The van der Waals surface area contributed by atoms with E-state index in [1.165, 1.54) is 0 Å². The average Bonchev–Trinajstić information content (AvgIpc) is 2.78. The number of methoxy groups -OCH3 is 8. The van der Waals surface area contributed by atoms with E-state index in [0.29, 0.717) is 0 Å². The molecule has 15 heteroatoms. The largest absolute Gasteiger partial charge is 0.388 e. The molecule has 0 unspecified atom stereocenters. The van der Waals surface area contributed by atoms with Crippen LogP contribution in [0.4, 0.5) is 0 Å². The quantitative estimate of drug-likeness (QED) is 0.265. The summed E-state index contributed by atoms with van der Waals surface area (Å²) in [4.78, 5) is 0. The van der Waals surface area contributed by atoms with Crippen LogP contribution in [-0.4, -0.2) is 114 Å². The summed E-state index contributed by atoms with van der Waals surface area (Å²) in [5.74, 6) is 0. The van der Waals surface area contributed by atoms with E-state index in [-0.39, 0.29) is 272 Å². The minimum atomic E-state index is 0. The van der Waals surface area contributed by atoms with Crippen molar-refractivity contribution in [3.63, 3.8) is 0 Å². The first-order chi connectivity index (χ1) is 15.3. The Kier molecular flexibility index (Phi) is 1270. The summed E-state index contributed by atoms with van der Waals surface area (Å²) in [5.41, 5.74) is 0. The zero-order chi connectivity index (χ0) is 29.7. The van der Waals surface area contributed by atoms with Crippen molar-refractivity contribution in [2.75, 3.05) is 114 Å². The first-order valence-corrected chi connectivity index (χ1v) is 10.5. The molecule has 0 amide bonds. The van der Waals surface area contributed by atoms with Crippen LogP contribution in [0.2, 0.25) is 0 Å². The molecule has 0 bridgehead atoms. The van der Waals surface area contributed by atoms with Crippen LogP contribution >= 0.6 is 0 Å². The zero-order valence-electron chi connectivity index (χ0n) is 29.7. The minimum absolute atomic E-state index is 0. The van der Waals surface area contributed by atoms with E-state index >= 15 is 0 Å². The molecular formula is C25H76Ar7O8. The Morgan fingerprint density at radius 2 is 0.175 bits per heavy atom. The predicted molar refractivity (Wildman–Crippen MR) is 156 cm³/mol. The molecule has 0 aromatic heterocycles. The Balaban J connectivity index is -0.00000000597. The fourth-order valence-corrected chi connectivity index (χ4v) is 0. The average molecular weight is 785 g/mol. The van der Waals surface area contributed by atoms with Gasteiger partial charge in [0.05, 0.1) is 0 Å². The van der Waals surface area contributed by atoms with Crippen LogP contribution < -0.4 is 0 Å². The van der Waals surface area contributed by atoms with Gasteiger partial charge in [0.15, 0.2) is 0 Å². The van der Waals surface area contributed by atoms with Crippen molar-refractivity contribution in [3.05, 3.63) is 0 Å². The van der Waals surface area contributed by atoms with Gasteiger partial charge in [0.1, 0.15) is 0 Å². The number of hydrogen-bond donors (Lipinski definition) is 0. The molecule has 0 atom stereocenters. The van der Waals surface area contributed by atoms with Gasteiger partial charge in [-0.2, -0.15) is 0 Å². The summed E-state index contributed by atoms with van der Waals surface area (Å²) < 4.78 is 34.0. The number of rotatable bonds is 0. The van der Waals surface area contributed by atoms with Crippen LogP contribution in [0.3, 0.4) is 0 Å².